The van der Waals surface area contributed by atoms with Crippen molar-refractivity contribution in [1.82, 2.24) is 0 Å². The molecule has 0 saturated carbocycles. The Morgan fingerprint density at radius 1 is 0.364 bits per heavy atom. The molecular weight excluding hydrogens is 1110 g/mol. The van der Waals surface area contributed by atoms with Gasteiger partial charge in [0.1, 0.15) is 19.8 Å². The number of rotatable bonds is 61. The van der Waals surface area contributed by atoms with E-state index in [1.807, 2.05) is 21.1 Å². The number of carbonyl (C=O) groups excluding carboxylic acids is 2. The van der Waals surface area contributed by atoms with Crippen LogP contribution < -0.4 is 0 Å². The molecule has 0 aromatic carbocycles. The molecular formula is C78H127NO8P+. The van der Waals surface area contributed by atoms with Gasteiger partial charge in [-0.25, -0.2) is 4.57 Å². The second-order valence-electron chi connectivity index (χ2n) is 23.5. The zero-order valence-corrected chi connectivity index (χ0v) is 57.3. The van der Waals surface area contributed by atoms with Crippen molar-refractivity contribution in [3.8, 4) is 0 Å². The SMILES string of the molecule is CC/C=C\C/C=C\C/C=C\C/C=C\C/C=C\C/C=C\C/C=C\C/C=C\C/C=C\C/C=C\C/C=C\C/C=C\CCCCC(=O)OC(COC(=O)CCCCCCCCCCCC/C=C\C/C=C\C/C=C\CCCCCCC)COP(=O)(O)OCC[N+](C)(C)C. The fourth-order valence-electron chi connectivity index (χ4n) is 8.65. The minimum Gasteiger partial charge on any atom is -0.462 e. The number of hydrogen-bond acceptors (Lipinski definition) is 7. The summed E-state index contributed by atoms with van der Waals surface area (Å²) in [5.41, 5.74) is 0. The monoisotopic (exact) mass is 1240 g/mol. The third-order valence-electron chi connectivity index (χ3n) is 13.9. The van der Waals surface area contributed by atoms with Gasteiger partial charge in [-0.1, -0.05) is 273 Å². The Hall–Kier alpha value is -4.89. The predicted molar refractivity (Wildman–Crippen MR) is 380 cm³/mol. The summed E-state index contributed by atoms with van der Waals surface area (Å²) in [6.45, 7) is 4.24. The van der Waals surface area contributed by atoms with E-state index in [1.54, 1.807) is 0 Å². The van der Waals surface area contributed by atoms with Gasteiger partial charge in [0.2, 0.25) is 0 Å². The van der Waals surface area contributed by atoms with Crippen LogP contribution >= 0.6 is 7.82 Å². The van der Waals surface area contributed by atoms with E-state index in [2.05, 4.69) is 196 Å². The van der Waals surface area contributed by atoms with Crippen molar-refractivity contribution in [2.75, 3.05) is 47.5 Å². The van der Waals surface area contributed by atoms with Crippen molar-refractivity contribution in [3.63, 3.8) is 0 Å². The highest BCUT2D eigenvalue weighted by atomic mass is 31.2. The first-order chi connectivity index (χ1) is 43.0. The van der Waals surface area contributed by atoms with Gasteiger partial charge in [-0.3, -0.25) is 18.6 Å². The van der Waals surface area contributed by atoms with Crippen LogP contribution in [0.1, 0.15) is 245 Å². The smallest absolute Gasteiger partial charge is 0.462 e. The Bertz CT molecular complexity index is 2140. The lowest BCUT2D eigenvalue weighted by Gasteiger charge is -2.24. The van der Waals surface area contributed by atoms with Gasteiger partial charge in [0, 0.05) is 12.8 Å². The summed E-state index contributed by atoms with van der Waals surface area (Å²) in [5.74, 6) is -0.865. The van der Waals surface area contributed by atoms with E-state index < -0.39 is 26.5 Å². The average Bonchev–Trinajstić information content (AvgIpc) is 3.68. The number of phosphoric ester groups is 1. The zero-order valence-electron chi connectivity index (χ0n) is 56.4. The van der Waals surface area contributed by atoms with Crippen molar-refractivity contribution in [3.05, 3.63) is 182 Å². The first-order valence-corrected chi connectivity index (χ1v) is 36.0. The highest BCUT2D eigenvalue weighted by Crippen LogP contribution is 2.43. The largest absolute Gasteiger partial charge is 0.472 e. The van der Waals surface area contributed by atoms with E-state index in [4.69, 9.17) is 18.5 Å². The molecule has 0 bridgehead atoms. The molecule has 10 heteroatoms. The van der Waals surface area contributed by atoms with Gasteiger partial charge in [-0.2, -0.15) is 0 Å². The number of nitrogens with zero attached hydrogens (tertiary/aromatic N) is 1. The molecule has 0 aliphatic carbocycles. The molecule has 0 aromatic rings. The van der Waals surface area contributed by atoms with Crippen LogP contribution in [0.5, 0.6) is 0 Å². The third kappa shape index (κ3) is 70.2. The Morgan fingerprint density at radius 2 is 0.648 bits per heavy atom. The van der Waals surface area contributed by atoms with Crippen molar-refractivity contribution in [1.29, 1.82) is 0 Å². The fraction of sp³-hybridized carbons (Fsp3) is 0.590. The highest BCUT2D eigenvalue weighted by Gasteiger charge is 2.27. The first-order valence-electron chi connectivity index (χ1n) is 34.5. The number of unbranched alkanes of at least 4 members (excludes halogenated alkanes) is 17. The molecule has 9 nitrogen and oxygen atoms in total. The minimum atomic E-state index is -4.42. The van der Waals surface area contributed by atoms with Crippen LogP contribution in [0, 0.1) is 0 Å². The van der Waals surface area contributed by atoms with E-state index >= 15 is 0 Å². The number of ether oxygens (including phenoxy) is 2. The molecule has 88 heavy (non-hydrogen) atoms. The zero-order chi connectivity index (χ0) is 64.1. The molecule has 0 spiro atoms. The second-order valence-corrected chi connectivity index (χ2v) is 24.9. The summed E-state index contributed by atoms with van der Waals surface area (Å²) in [6.07, 6.45) is 103. The molecule has 1 N–H and O–H groups in total. The van der Waals surface area contributed by atoms with Gasteiger partial charge in [0.05, 0.1) is 27.7 Å². The van der Waals surface area contributed by atoms with Crippen LogP contribution in [0.3, 0.4) is 0 Å². The molecule has 0 radical (unpaired) electrons. The quantitative estimate of drug-likeness (QED) is 0.0211. The third-order valence-corrected chi connectivity index (χ3v) is 14.9. The van der Waals surface area contributed by atoms with E-state index in [0.29, 0.717) is 17.4 Å². The number of carbonyl (C=O) groups is 2. The minimum absolute atomic E-state index is 0.0123. The number of esters is 2. The van der Waals surface area contributed by atoms with Gasteiger partial charge >= 0.3 is 19.8 Å². The molecule has 0 amide bonds. The van der Waals surface area contributed by atoms with Gasteiger partial charge < -0.3 is 18.9 Å². The number of phosphoric acid groups is 1. The molecule has 0 heterocycles. The number of allylic oxidation sites excluding steroid dienone is 30. The number of hydrogen-bond donors (Lipinski definition) is 1. The van der Waals surface area contributed by atoms with Crippen molar-refractivity contribution in [2.24, 2.45) is 0 Å². The topological polar surface area (TPSA) is 108 Å². The van der Waals surface area contributed by atoms with Crippen LogP contribution in [-0.4, -0.2) is 74.9 Å². The van der Waals surface area contributed by atoms with E-state index in [0.717, 1.165) is 135 Å². The molecule has 0 aliphatic heterocycles. The molecule has 0 aromatic heterocycles. The van der Waals surface area contributed by atoms with E-state index in [-0.39, 0.29) is 32.0 Å². The van der Waals surface area contributed by atoms with Gasteiger partial charge in [-0.15, -0.1) is 0 Å². The molecule has 2 unspecified atom stereocenters. The van der Waals surface area contributed by atoms with Gasteiger partial charge in [0.15, 0.2) is 6.10 Å². The van der Waals surface area contributed by atoms with Crippen molar-refractivity contribution < 1.29 is 42.1 Å². The molecule has 0 saturated heterocycles. The lowest BCUT2D eigenvalue weighted by Crippen LogP contribution is -2.37. The lowest BCUT2D eigenvalue weighted by molar-refractivity contribution is -0.870. The molecule has 2 atom stereocenters. The maximum Gasteiger partial charge on any atom is 0.472 e. The lowest BCUT2D eigenvalue weighted by atomic mass is 10.1. The molecule has 496 valence electrons. The maximum atomic E-state index is 12.9. The molecule has 0 fully saturated rings. The van der Waals surface area contributed by atoms with Gasteiger partial charge in [-0.05, 0) is 141 Å². The summed E-state index contributed by atoms with van der Waals surface area (Å²) < 4.78 is 34.6. The van der Waals surface area contributed by atoms with Gasteiger partial charge in [0.25, 0.3) is 0 Å². The van der Waals surface area contributed by atoms with E-state index in [1.165, 1.54) is 77.0 Å². The average molecular weight is 1240 g/mol. The Labute approximate surface area is 540 Å². The summed E-state index contributed by atoms with van der Waals surface area (Å²) >= 11 is 0. The number of quaternary nitrogens is 1. The first kappa shape index (κ1) is 83.1. The summed E-state index contributed by atoms with van der Waals surface area (Å²) in [7, 11) is 1.42. The van der Waals surface area contributed by atoms with E-state index in [9.17, 15) is 19.0 Å². The highest BCUT2D eigenvalue weighted by molar-refractivity contribution is 7.47. The summed E-state index contributed by atoms with van der Waals surface area (Å²) in [5, 5.41) is 0. The molecule has 0 aliphatic rings. The van der Waals surface area contributed by atoms with Crippen molar-refractivity contribution in [2.45, 2.75) is 251 Å². The Balaban J connectivity index is 4.24. The van der Waals surface area contributed by atoms with Crippen LogP contribution in [0.25, 0.3) is 0 Å². The van der Waals surface area contributed by atoms with Crippen LogP contribution in [0.4, 0.5) is 0 Å². The summed E-state index contributed by atoms with van der Waals surface area (Å²) in [6, 6.07) is 0. The number of likely N-dealkylation sites (N-methyl/N-ethyl adjacent to an activating group) is 1. The summed E-state index contributed by atoms with van der Waals surface area (Å²) in [4.78, 5) is 35.8. The second kappa shape index (κ2) is 66.5. The molecule has 0 rings (SSSR count). The standard InChI is InChI=1S/C78H126NO8P/c1-6-8-10-12-14-16-18-20-22-24-26-28-30-32-33-34-35-36-37-38-39-40-41-42-43-44-45-47-49-51-53-55-57-59-61-63-65-67-69-71-78(81)87-76(75-86-88(82,83)85-73-72-79(3,4)5)74-84-77(80)70-68-66-64-62-60-58-56-54-52-50-48-46-31-29-27-25-23-21-19-17-15-13-11-9-7-2/h8,10,14,16,19-22,25-28,31-33,35-36,38-39,41-42,44-46,49,51,55,57,61,63,76H,6-7,9,11-13,15,17-18,23-24,29-30,34,37,40,43,47-48,50,52-54,56,58-60,62,64-75H2,1-5H3/p+1/b10-8-,16-14-,21-19-,22-20-,27-25-,28-26-,33-32-,36-35-,39-38-,42-41-,45-44-,46-31-,51-49-,57-55-,63-61-. The fourth-order valence-corrected chi connectivity index (χ4v) is 9.39. The normalized spacial score (nSPS) is 14.3. The Kier molecular flexibility index (Phi) is 62.8. The van der Waals surface area contributed by atoms with Crippen LogP contribution in [0.15, 0.2) is 182 Å². The Morgan fingerprint density at radius 3 is 0.989 bits per heavy atom. The predicted octanol–water partition coefficient (Wildman–Crippen LogP) is 22.7. The van der Waals surface area contributed by atoms with Crippen molar-refractivity contribution >= 4 is 19.8 Å². The maximum absolute atomic E-state index is 12.9. The van der Waals surface area contributed by atoms with Crippen LogP contribution in [-0.2, 0) is 32.7 Å². The van der Waals surface area contributed by atoms with Crippen LogP contribution in [0.2, 0.25) is 0 Å².